The van der Waals surface area contributed by atoms with Crippen LogP contribution >= 0.6 is 11.8 Å². The molecule has 11 heteroatoms. The molecule has 1 saturated heterocycles. The first-order valence-electron chi connectivity index (χ1n) is 10.1. The van der Waals surface area contributed by atoms with E-state index in [0.29, 0.717) is 11.3 Å². The summed E-state index contributed by atoms with van der Waals surface area (Å²) in [5, 5.41) is 13.8. The standard InChI is InChI=1S/C20H27N5O5S/c1-3-24(4-2)22-23-30-11-14-12-31-19-16(18(27)25(19)17(14)20(28)29)21-15(26)10-13-8-6-5-7-9-13/h5-9,16,19,22-23H,3-4,10-12H2,1-2H3,(H,21,26)(H,28,29). The summed E-state index contributed by atoms with van der Waals surface area (Å²) in [4.78, 5) is 43.4. The predicted molar refractivity (Wildman–Crippen MR) is 115 cm³/mol. The molecular formula is C20H27N5O5S. The number of carbonyl (C=O) groups is 3. The van der Waals surface area contributed by atoms with Crippen LogP contribution in [-0.4, -0.2) is 69.7 Å². The SMILES string of the molecule is CCN(CC)NNOCC1=C(C(=O)O)N2C(=O)C(NC(=O)Cc3ccccc3)C2SC1. The molecule has 0 aromatic heterocycles. The van der Waals surface area contributed by atoms with Crippen LogP contribution in [0.3, 0.4) is 0 Å². The van der Waals surface area contributed by atoms with Crippen molar-refractivity contribution in [1.29, 1.82) is 0 Å². The highest BCUT2D eigenvalue weighted by Crippen LogP contribution is 2.40. The van der Waals surface area contributed by atoms with Gasteiger partial charge in [0.1, 0.15) is 17.1 Å². The summed E-state index contributed by atoms with van der Waals surface area (Å²) >= 11 is 1.41. The highest BCUT2D eigenvalue weighted by molar-refractivity contribution is 8.00. The van der Waals surface area contributed by atoms with Gasteiger partial charge in [0.15, 0.2) is 0 Å². The van der Waals surface area contributed by atoms with Crippen molar-refractivity contribution in [2.75, 3.05) is 25.4 Å². The number of rotatable bonds is 11. The van der Waals surface area contributed by atoms with Crippen molar-refractivity contribution in [3.8, 4) is 0 Å². The number of fused-ring (bicyclic) bond motifs is 1. The quantitative estimate of drug-likeness (QED) is 0.214. The van der Waals surface area contributed by atoms with E-state index in [4.69, 9.17) is 4.84 Å². The maximum Gasteiger partial charge on any atom is 0.352 e. The summed E-state index contributed by atoms with van der Waals surface area (Å²) in [5.41, 5.74) is 6.69. The van der Waals surface area contributed by atoms with Crippen LogP contribution in [0.4, 0.5) is 0 Å². The van der Waals surface area contributed by atoms with Gasteiger partial charge in [-0.25, -0.2) is 9.80 Å². The van der Waals surface area contributed by atoms with Crippen molar-refractivity contribution in [2.45, 2.75) is 31.7 Å². The highest BCUT2D eigenvalue weighted by atomic mass is 32.2. The van der Waals surface area contributed by atoms with E-state index in [0.717, 1.165) is 18.7 Å². The minimum Gasteiger partial charge on any atom is -0.477 e. The number of amides is 2. The van der Waals surface area contributed by atoms with Crippen LogP contribution in [0.25, 0.3) is 0 Å². The van der Waals surface area contributed by atoms with Gasteiger partial charge in [0.25, 0.3) is 5.91 Å². The maximum absolute atomic E-state index is 12.7. The van der Waals surface area contributed by atoms with E-state index in [1.807, 2.05) is 49.2 Å². The van der Waals surface area contributed by atoms with Gasteiger partial charge in [-0.15, -0.1) is 17.4 Å². The fourth-order valence-corrected chi connectivity index (χ4v) is 4.73. The molecule has 1 aromatic carbocycles. The number of nitrogens with one attached hydrogen (secondary N) is 3. The minimum absolute atomic E-state index is 0.00440. The fraction of sp³-hybridized carbons (Fsp3) is 0.450. The van der Waals surface area contributed by atoms with Gasteiger partial charge < -0.3 is 10.4 Å². The number of carboxylic acid groups (broad SMARTS) is 1. The van der Waals surface area contributed by atoms with Crippen LogP contribution in [0.15, 0.2) is 41.6 Å². The molecule has 31 heavy (non-hydrogen) atoms. The maximum atomic E-state index is 12.7. The summed E-state index contributed by atoms with van der Waals surface area (Å²) < 4.78 is 0. The lowest BCUT2D eigenvalue weighted by Gasteiger charge is -2.49. The van der Waals surface area contributed by atoms with Gasteiger partial charge in [-0.05, 0) is 11.1 Å². The van der Waals surface area contributed by atoms with Crippen LogP contribution in [0.1, 0.15) is 19.4 Å². The topological polar surface area (TPSA) is 123 Å². The lowest BCUT2D eigenvalue weighted by Crippen LogP contribution is -2.70. The first kappa shape index (κ1) is 23.2. The second-order valence-electron chi connectivity index (χ2n) is 7.05. The number of benzene rings is 1. The highest BCUT2D eigenvalue weighted by Gasteiger charge is 2.54. The van der Waals surface area contributed by atoms with Crippen molar-refractivity contribution >= 4 is 29.5 Å². The van der Waals surface area contributed by atoms with Crippen LogP contribution in [0.2, 0.25) is 0 Å². The molecule has 2 amide bonds. The summed E-state index contributed by atoms with van der Waals surface area (Å²) in [6.45, 7) is 5.47. The average Bonchev–Trinajstić information content (AvgIpc) is 2.77. The number of carbonyl (C=O) groups excluding carboxylic acids is 2. The van der Waals surface area contributed by atoms with E-state index >= 15 is 0 Å². The van der Waals surface area contributed by atoms with Gasteiger partial charge in [0, 0.05) is 18.8 Å². The zero-order chi connectivity index (χ0) is 22.4. The molecule has 2 aliphatic rings. The lowest BCUT2D eigenvalue weighted by atomic mass is 10.0. The third-order valence-electron chi connectivity index (χ3n) is 5.06. The average molecular weight is 450 g/mol. The molecule has 3 rings (SSSR count). The Bertz CT molecular complexity index is 846. The predicted octanol–water partition coefficient (Wildman–Crippen LogP) is 0.250. The van der Waals surface area contributed by atoms with E-state index < -0.39 is 23.3 Å². The normalized spacial score (nSPS) is 20.5. The van der Waals surface area contributed by atoms with Crippen LogP contribution in [0, 0.1) is 0 Å². The Balaban J connectivity index is 1.59. The van der Waals surface area contributed by atoms with Gasteiger partial charge in [0.2, 0.25) is 5.91 Å². The van der Waals surface area contributed by atoms with Crippen molar-refractivity contribution in [3.63, 3.8) is 0 Å². The summed E-state index contributed by atoms with van der Waals surface area (Å²) in [6, 6.07) is 8.49. The van der Waals surface area contributed by atoms with Crippen LogP contribution in [0.5, 0.6) is 0 Å². The second kappa shape index (κ2) is 10.7. The molecule has 2 heterocycles. The molecule has 0 aliphatic carbocycles. The number of nitrogens with zero attached hydrogens (tertiary/aromatic N) is 2. The van der Waals surface area contributed by atoms with E-state index in [1.165, 1.54) is 16.7 Å². The first-order chi connectivity index (χ1) is 15.0. The summed E-state index contributed by atoms with van der Waals surface area (Å²) in [7, 11) is 0. The van der Waals surface area contributed by atoms with Gasteiger partial charge in [0.05, 0.1) is 13.0 Å². The number of aliphatic carboxylic acids is 1. The zero-order valence-corrected chi connectivity index (χ0v) is 18.3. The number of hydrogen-bond donors (Lipinski definition) is 4. The van der Waals surface area contributed by atoms with E-state index in [-0.39, 0.29) is 24.6 Å². The largest absolute Gasteiger partial charge is 0.477 e. The summed E-state index contributed by atoms with van der Waals surface area (Å²) in [5.74, 6) is -1.51. The fourth-order valence-electron chi connectivity index (χ4n) is 3.40. The van der Waals surface area contributed by atoms with Crippen molar-refractivity contribution in [1.82, 2.24) is 26.3 Å². The second-order valence-corrected chi connectivity index (χ2v) is 8.15. The number of thioether (sulfide) groups is 1. The van der Waals surface area contributed by atoms with Gasteiger partial charge in [-0.3, -0.25) is 19.3 Å². The molecule has 4 N–H and O–H groups in total. The van der Waals surface area contributed by atoms with E-state index in [9.17, 15) is 19.5 Å². The minimum atomic E-state index is -1.19. The molecule has 168 valence electrons. The molecule has 0 spiro atoms. The van der Waals surface area contributed by atoms with Gasteiger partial charge in [-0.2, -0.15) is 5.53 Å². The Labute approximate surface area is 184 Å². The number of carboxylic acids is 1. The molecule has 2 unspecified atom stereocenters. The van der Waals surface area contributed by atoms with Gasteiger partial charge in [-0.1, -0.05) is 44.2 Å². The lowest BCUT2D eigenvalue weighted by molar-refractivity contribution is -0.150. The molecular weight excluding hydrogens is 422 g/mol. The summed E-state index contributed by atoms with van der Waals surface area (Å²) in [6.07, 6.45) is 0.161. The number of hydrogen-bond acceptors (Lipinski definition) is 8. The smallest absolute Gasteiger partial charge is 0.352 e. The van der Waals surface area contributed by atoms with Crippen LogP contribution < -0.4 is 16.4 Å². The third-order valence-corrected chi connectivity index (χ3v) is 6.40. The van der Waals surface area contributed by atoms with Crippen molar-refractivity contribution in [3.05, 3.63) is 47.2 Å². The van der Waals surface area contributed by atoms with Gasteiger partial charge >= 0.3 is 5.97 Å². The Morgan fingerprint density at radius 1 is 1.26 bits per heavy atom. The Morgan fingerprint density at radius 3 is 2.61 bits per heavy atom. The molecule has 2 atom stereocenters. The molecule has 1 fully saturated rings. The van der Waals surface area contributed by atoms with Crippen molar-refractivity contribution in [2.24, 2.45) is 0 Å². The first-order valence-corrected chi connectivity index (χ1v) is 11.1. The molecule has 0 radical (unpaired) electrons. The van der Waals surface area contributed by atoms with Crippen molar-refractivity contribution < 1.29 is 24.3 Å². The third kappa shape index (κ3) is 5.43. The molecule has 10 nitrogen and oxygen atoms in total. The Kier molecular flexibility index (Phi) is 8.04. The number of hydrazine groups is 2. The zero-order valence-electron chi connectivity index (χ0n) is 17.5. The Hall–Kier alpha value is -2.44. The Morgan fingerprint density at radius 2 is 1.97 bits per heavy atom. The molecule has 2 aliphatic heterocycles. The number of β-lactam (4-membered cyclic amide) rings is 1. The molecule has 0 saturated carbocycles. The van der Waals surface area contributed by atoms with E-state index in [1.54, 1.807) is 0 Å². The van der Waals surface area contributed by atoms with Crippen LogP contribution in [-0.2, 0) is 25.6 Å². The molecule has 0 bridgehead atoms. The monoisotopic (exact) mass is 449 g/mol. The molecule has 1 aromatic rings. The van der Waals surface area contributed by atoms with E-state index in [2.05, 4.69) is 16.4 Å².